The fourth-order valence-electron chi connectivity index (χ4n) is 1.09. The minimum atomic E-state index is -0.712. The maximum absolute atomic E-state index is 11.2. The molecule has 0 bridgehead atoms. The topological polar surface area (TPSA) is 52.3 Å². The van der Waals surface area contributed by atoms with Gasteiger partial charge in [0.2, 0.25) is 5.56 Å². The van der Waals surface area contributed by atoms with Crippen LogP contribution in [0.5, 0.6) is 0 Å². The third kappa shape index (κ3) is 5.87. The number of esters is 1. The van der Waals surface area contributed by atoms with Crippen molar-refractivity contribution in [1.82, 2.24) is 0 Å². The SMILES string of the molecule is NCCCC(=O)OC(Cl)c1ccccc1.[NaH]. The number of benzene rings is 1. The van der Waals surface area contributed by atoms with Crippen molar-refractivity contribution in [2.75, 3.05) is 6.54 Å². The van der Waals surface area contributed by atoms with Crippen molar-refractivity contribution in [3.63, 3.8) is 0 Å². The number of nitrogens with two attached hydrogens (primary N) is 1. The Kier molecular flexibility index (Phi) is 8.99. The van der Waals surface area contributed by atoms with Crippen LogP contribution < -0.4 is 5.73 Å². The maximum atomic E-state index is 11.2. The zero-order chi connectivity index (χ0) is 11.1. The number of alkyl halides is 1. The first-order valence-corrected chi connectivity index (χ1v) is 5.26. The van der Waals surface area contributed by atoms with Gasteiger partial charge in [-0.3, -0.25) is 4.79 Å². The third-order valence-corrected chi connectivity index (χ3v) is 2.22. The molecule has 0 aliphatic heterocycles. The first-order chi connectivity index (χ1) is 7.24. The summed E-state index contributed by atoms with van der Waals surface area (Å²) in [5.41, 5.74) is 5.34. The van der Waals surface area contributed by atoms with Crippen LogP contribution >= 0.6 is 11.6 Å². The molecule has 5 heteroatoms. The Labute approximate surface area is 123 Å². The zero-order valence-electron chi connectivity index (χ0n) is 8.36. The summed E-state index contributed by atoms with van der Waals surface area (Å²) in [4.78, 5) is 11.2. The Morgan fingerprint density at radius 1 is 1.38 bits per heavy atom. The standard InChI is InChI=1S/C11H14ClNO2.Na.H/c12-11(9-5-2-1-3-6-9)15-10(14)7-4-8-13;;/h1-3,5-6,11H,4,7-8,13H2;;. The van der Waals surface area contributed by atoms with E-state index in [1.807, 2.05) is 30.3 Å². The van der Waals surface area contributed by atoms with E-state index in [9.17, 15) is 4.79 Å². The first kappa shape index (κ1) is 15.9. The van der Waals surface area contributed by atoms with Crippen molar-refractivity contribution in [1.29, 1.82) is 0 Å². The Morgan fingerprint density at radius 2 is 2.00 bits per heavy atom. The summed E-state index contributed by atoms with van der Waals surface area (Å²) in [6, 6.07) is 9.20. The van der Waals surface area contributed by atoms with E-state index < -0.39 is 5.56 Å². The van der Waals surface area contributed by atoms with E-state index in [0.717, 1.165) is 5.56 Å². The summed E-state index contributed by atoms with van der Waals surface area (Å²) in [5, 5.41) is 0. The molecule has 0 spiro atoms. The molecular formula is C11H15ClNNaO2. The zero-order valence-corrected chi connectivity index (χ0v) is 9.11. The van der Waals surface area contributed by atoms with Crippen LogP contribution in [-0.2, 0) is 9.53 Å². The fraction of sp³-hybridized carbons (Fsp3) is 0.364. The van der Waals surface area contributed by atoms with Gasteiger partial charge in [-0.1, -0.05) is 41.9 Å². The number of ether oxygens (including phenoxy) is 1. The number of carbonyl (C=O) groups is 1. The molecule has 0 fully saturated rings. The number of rotatable bonds is 5. The van der Waals surface area contributed by atoms with Crippen LogP contribution in [0.25, 0.3) is 0 Å². The van der Waals surface area contributed by atoms with Crippen LogP contribution in [0.3, 0.4) is 0 Å². The summed E-state index contributed by atoms with van der Waals surface area (Å²) in [7, 11) is 0. The van der Waals surface area contributed by atoms with Gasteiger partial charge in [0.05, 0.1) is 0 Å². The Morgan fingerprint density at radius 3 is 2.56 bits per heavy atom. The van der Waals surface area contributed by atoms with Crippen molar-refractivity contribution < 1.29 is 9.53 Å². The molecule has 0 aromatic heterocycles. The summed E-state index contributed by atoms with van der Waals surface area (Å²) in [6.45, 7) is 0.480. The van der Waals surface area contributed by atoms with Gasteiger partial charge in [-0.25, -0.2) is 0 Å². The van der Waals surface area contributed by atoms with Crippen molar-refractivity contribution in [2.24, 2.45) is 5.73 Å². The molecule has 2 N–H and O–H groups in total. The summed E-state index contributed by atoms with van der Waals surface area (Å²) in [5.74, 6) is -0.315. The molecule has 0 amide bonds. The summed E-state index contributed by atoms with van der Waals surface area (Å²) < 4.78 is 5.01. The van der Waals surface area contributed by atoms with E-state index in [2.05, 4.69) is 0 Å². The minimum absolute atomic E-state index is 0. The van der Waals surface area contributed by atoms with E-state index in [1.54, 1.807) is 0 Å². The molecular weight excluding hydrogens is 237 g/mol. The Hall–Kier alpha value is -0.0600. The van der Waals surface area contributed by atoms with E-state index in [-0.39, 0.29) is 35.5 Å². The van der Waals surface area contributed by atoms with Crippen LogP contribution in [0, 0.1) is 0 Å². The van der Waals surface area contributed by atoms with E-state index in [0.29, 0.717) is 19.4 Å². The molecule has 1 atom stereocenters. The van der Waals surface area contributed by atoms with Crippen LogP contribution in [0.15, 0.2) is 30.3 Å². The van der Waals surface area contributed by atoms with Gasteiger partial charge in [-0.2, -0.15) is 0 Å². The molecule has 16 heavy (non-hydrogen) atoms. The molecule has 3 nitrogen and oxygen atoms in total. The van der Waals surface area contributed by atoms with Gasteiger partial charge in [0.25, 0.3) is 0 Å². The van der Waals surface area contributed by atoms with Crippen molar-refractivity contribution in [2.45, 2.75) is 18.4 Å². The molecule has 1 aromatic rings. The molecule has 0 aliphatic rings. The van der Waals surface area contributed by atoms with Crippen molar-refractivity contribution >= 4 is 47.1 Å². The molecule has 1 unspecified atom stereocenters. The second kappa shape index (κ2) is 9.02. The molecule has 1 rings (SSSR count). The fourth-order valence-corrected chi connectivity index (χ4v) is 1.34. The molecule has 0 aliphatic carbocycles. The summed E-state index contributed by atoms with van der Waals surface area (Å²) >= 11 is 5.91. The summed E-state index contributed by atoms with van der Waals surface area (Å²) in [6.07, 6.45) is 0.934. The molecule has 1 aromatic carbocycles. The normalized spacial score (nSPS) is 11.4. The van der Waals surface area contributed by atoms with Gasteiger partial charge in [0, 0.05) is 12.0 Å². The first-order valence-electron chi connectivity index (χ1n) is 4.82. The second-order valence-corrected chi connectivity index (χ2v) is 3.51. The van der Waals surface area contributed by atoms with Crippen LogP contribution in [-0.4, -0.2) is 42.1 Å². The molecule has 0 saturated carbocycles. The Balaban J connectivity index is 0.00000225. The van der Waals surface area contributed by atoms with Crippen molar-refractivity contribution in [3.8, 4) is 0 Å². The van der Waals surface area contributed by atoms with E-state index in [4.69, 9.17) is 22.1 Å². The van der Waals surface area contributed by atoms with Crippen LogP contribution in [0.2, 0.25) is 0 Å². The molecule has 0 radical (unpaired) electrons. The molecule has 0 heterocycles. The predicted molar refractivity (Wildman–Crippen MR) is 66.6 cm³/mol. The quantitative estimate of drug-likeness (QED) is 0.491. The van der Waals surface area contributed by atoms with Crippen molar-refractivity contribution in [3.05, 3.63) is 35.9 Å². The van der Waals surface area contributed by atoms with E-state index >= 15 is 0 Å². The van der Waals surface area contributed by atoms with Gasteiger partial charge < -0.3 is 10.5 Å². The average molecular weight is 252 g/mol. The monoisotopic (exact) mass is 251 g/mol. The predicted octanol–water partition coefficient (Wildman–Crippen LogP) is 1.56. The number of carbonyl (C=O) groups excluding carboxylic acids is 1. The number of hydrogen-bond acceptors (Lipinski definition) is 3. The van der Waals surface area contributed by atoms with Gasteiger partial charge in [0.15, 0.2) is 0 Å². The number of hydrogen-bond donors (Lipinski definition) is 1. The second-order valence-electron chi connectivity index (χ2n) is 3.11. The van der Waals surface area contributed by atoms with Gasteiger partial charge >= 0.3 is 35.5 Å². The number of halogens is 1. The third-order valence-electron chi connectivity index (χ3n) is 1.88. The van der Waals surface area contributed by atoms with Gasteiger partial charge in [-0.15, -0.1) is 0 Å². The average Bonchev–Trinajstić information content (AvgIpc) is 2.27. The van der Waals surface area contributed by atoms with Crippen LogP contribution in [0.1, 0.15) is 24.0 Å². The molecule has 84 valence electrons. The van der Waals surface area contributed by atoms with Crippen LogP contribution in [0.4, 0.5) is 0 Å². The van der Waals surface area contributed by atoms with Gasteiger partial charge in [-0.05, 0) is 13.0 Å². The van der Waals surface area contributed by atoms with Gasteiger partial charge in [0.1, 0.15) is 0 Å². The Bertz CT molecular complexity index is 308. The molecule has 0 saturated heterocycles. The van der Waals surface area contributed by atoms with E-state index in [1.165, 1.54) is 0 Å².